The second kappa shape index (κ2) is 5.75. The predicted molar refractivity (Wildman–Crippen MR) is 83.0 cm³/mol. The molecule has 0 saturated heterocycles. The van der Waals surface area contributed by atoms with Crippen LogP contribution in [0.3, 0.4) is 0 Å². The Hall–Kier alpha value is -2.05. The van der Waals surface area contributed by atoms with E-state index in [0.717, 1.165) is 4.90 Å². The lowest BCUT2D eigenvalue weighted by molar-refractivity contribution is -0.113. The summed E-state index contributed by atoms with van der Waals surface area (Å²) in [4.78, 5) is 28.4. The smallest absolute Gasteiger partial charge is 0.257 e. The highest BCUT2D eigenvalue weighted by atomic mass is 35.5. The van der Waals surface area contributed by atoms with E-state index in [9.17, 15) is 9.59 Å². The van der Waals surface area contributed by atoms with E-state index in [1.165, 1.54) is 24.2 Å². The molecule has 0 saturated carbocycles. The first kappa shape index (κ1) is 13.9. The van der Waals surface area contributed by atoms with Crippen LogP contribution in [0.4, 0.5) is 11.4 Å². The second-order valence-corrected chi connectivity index (χ2v) is 5.78. The van der Waals surface area contributed by atoms with Crippen LogP contribution in [0.5, 0.6) is 0 Å². The van der Waals surface area contributed by atoms with Crippen molar-refractivity contribution in [3.05, 3.63) is 47.2 Å². The molecule has 0 atom stereocenters. The fraction of sp³-hybridized carbons (Fsp3) is 0.0714. The van der Waals surface area contributed by atoms with Crippen LogP contribution in [0, 0.1) is 0 Å². The van der Waals surface area contributed by atoms with Crippen LogP contribution in [-0.4, -0.2) is 22.6 Å². The molecule has 106 valence electrons. The molecular weight excluding hydrogens is 310 g/mol. The Labute approximate surface area is 130 Å². The number of carbonyl (C=O) groups is 2. The molecule has 1 aromatic heterocycles. The van der Waals surface area contributed by atoms with Crippen molar-refractivity contribution < 1.29 is 9.59 Å². The maximum absolute atomic E-state index is 12.2. The minimum atomic E-state index is -0.322. The van der Waals surface area contributed by atoms with Gasteiger partial charge in [-0.15, -0.1) is 11.8 Å². The number of amides is 2. The molecule has 0 bridgehead atoms. The van der Waals surface area contributed by atoms with E-state index < -0.39 is 0 Å². The van der Waals surface area contributed by atoms with Gasteiger partial charge in [0.05, 0.1) is 22.0 Å². The number of fused-ring (bicyclic) bond motifs is 1. The zero-order valence-electron chi connectivity index (χ0n) is 10.7. The maximum Gasteiger partial charge on any atom is 0.257 e. The van der Waals surface area contributed by atoms with Crippen LogP contribution in [0.2, 0.25) is 5.02 Å². The van der Waals surface area contributed by atoms with Gasteiger partial charge in [0.25, 0.3) is 5.91 Å². The summed E-state index contributed by atoms with van der Waals surface area (Å²) in [5.74, 6) is 0.0380. The Morgan fingerprint density at radius 2 is 2.24 bits per heavy atom. The minimum absolute atomic E-state index is 0.0480. The van der Waals surface area contributed by atoms with E-state index in [0.29, 0.717) is 22.7 Å². The number of benzene rings is 1. The molecule has 1 aliphatic rings. The lowest BCUT2D eigenvalue weighted by atomic mass is 10.2. The third-order valence-corrected chi connectivity index (χ3v) is 4.26. The molecule has 21 heavy (non-hydrogen) atoms. The van der Waals surface area contributed by atoms with Gasteiger partial charge in [0.2, 0.25) is 5.91 Å². The molecule has 0 aliphatic carbocycles. The van der Waals surface area contributed by atoms with E-state index in [4.69, 9.17) is 11.6 Å². The van der Waals surface area contributed by atoms with Gasteiger partial charge in [0.1, 0.15) is 0 Å². The first-order valence-electron chi connectivity index (χ1n) is 6.11. The normalized spacial score (nSPS) is 13.3. The van der Waals surface area contributed by atoms with E-state index in [1.807, 2.05) is 6.07 Å². The molecule has 7 heteroatoms. The Balaban J connectivity index is 1.82. The van der Waals surface area contributed by atoms with Crippen molar-refractivity contribution in [2.75, 3.05) is 16.4 Å². The van der Waals surface area contributed by atoms with E-state index in [2.05, 4.69) is 15.6 Å². The summed E-state index contributed by atoms with van der Waals surface area (Å²) in [6, 6.07) is 6.93. The molecular formula is C14H10ClN3O2S. The van der Waals surface area contributed by atoms with Crippen LogP contribution in [0.15, 0.2) is 41.6 Å². The summed E-state index contributed by atoms with van der Waals surface area (Å²) in [6.07, 6.45) is 2.92. The zero-order valence-corrected chi connectivity index (χ0v) is 12.3. The summed E-state index contributed by atoms with van der Waals surface area (Å²) in [6.45, 7) is 0. The summed E-state index contributed by atoms with van der Waals surface area (Å²) in [7, 11) is 0. The molecule has 2 amide bonds. The third kappa shape index (κ3) is 3.01. The summed E-state index contributed by atoms with van der Waals surface area (Å²) >= 11 is 7.41. The van der Waals surface area contributed by atoms with Crippen LogP contribution in [0.25, 0.3) is 0 Å². The Bertz CT molecular complexity index is 736. The number of thioether (sulfide) groups is 1. The molecule has 3 rings (SSSR count). The average molecular weight is 320 g/mol. The molecule has 2 heterocycles. The highest BCUT2D eigenvalue weighted by Gasteiger charge is 2.16. The van der Waals surface area contributed by atoms with Gasteiger partial charge >= 0.3 is 0 Å². The molecule has 0 fully saturated rings. The van der Waals surface area contributed by atoms with Crippen molar-refractivity contribution >= 4 is 46.6 Å². The summed E-state index contributed by atoms with van der Waals surface area (Å²) in [5.41, 5.74) is 1.65. The van der Waals surface area contributed by atoms with Gasteiger partial charge in [-0.05, 0) is 24.3 Å². The minimum Gasteiger partial charge on any atom is -0.324 e. The Morgan fingerprint density at radius 1 is 1.38 bits per heavy atom. The zero-order chi connectivity index (χ0) is 14.8. The maximum atomic E-state index is 12.2. The first-order chi connectivity index (χ1) is 10.1. The van der Waals surface area contributed by atoms with Gasteiger partial charge < -0.3 is 10.6 Å². The number of nitrogens with one attached hydrogen (secondary N) is 2. The SMILES string of the molecule is O=C1CSc2ccc(NC(=O)c3ccncc3Cl)cc2N1. The van der Waals surface area contributed by atoms with Crippen molar-refractivity contribution in [1.29, 1.82) is 0 Å². The number of carbonyl (C=O) groups excluding carboxylic acids is 2. The number of hydrogen-bond donors (Lipinski definition) is 2. The Morgan fingerprint density at radius 3 is 3.05 bits per heavy atom. The van der Waals surface area contributed by atoms with Crippen LogP contribution < -0.4 is 10.6 Å². The molecule has 2 N–H and O–H groups in total. The van der Waals surface area contributed by atoms with Crippen molar-refractivity contribution in [3.8, 4) is 0 Å². The Kier molecular flexibility index (Phi) is 3.81. The quantitative estimate of drug-likeness (QED) is 0.892. The number of rotatable bonds is 2. The molecule has 0 radical (unpaired) electrons. The number of nitrogens with zero attached hydrogens (tertiary/aromatic N) is 1. The van der Waals surface area contributed by atoms with Gasteiger partial charge in [-0.3, -0.25) is 14.6 Å². The van der Waals surface area contributed by atoms with Gasteiger partial charge in [-0.25, -0.2) is 0 Å². The molecule has 1 aliphatic heterocycles. The molecule has 2 aromatic rings. The second-order valence-electron chi connectivity index (χ2n) is 4.36. The topological polar surface area (TPSA) is 71.1 Å². The van der Waals surface area contributed by atoms with Crippen molar-refractivity contribution in [1.82, 2.24) is 4.98 Å². The largest absolute Gasteiger partial charge is 0.324 e. The fourth-order valence-corrected chi connectivity index (χ4v) is 2.91. The van der Waals surface area contributed by atoms with Crippen molar-refractivity contribution in [2.24, 2.45) is 0 Å². The number of anilines is 2. The summed E-state index contributed by atoms with van der Waals surface area (Å²) < 4.78 is 0. The first-order valence-corrected chi connectivity index (χ1v) is 7.47. The van der Waals surface area contributed by atoms with Crippen molar-refractivity contribution in [2.45, 2.75) is 4.90 Å². The molecule has 5 nitrogen and oxygen atoms in total. The number of halogens is 1. The predicted octanol–water partition coefficient (Wildman–Crippen LogP) is 3.03. The van der Waals surface area contributed by atoms with Gasteiger partial charge in [-0.2, -0.15) is 0 Å². The molecule has 1 aromatic carbocycles. The van der Waals surface area contributed by atoms with E-state index >= 15 is 0 Å². The van der Waals surface area contributed by atoms with E-state index in [-0.39, 0.29) is 16.8 Å². The fourth-order valence-electron chi connectivity index (χ4n) is 1.92. The lowest BCUT2D eigenvalue weighted by Crippen LogP contribution is -2.19. The standard InChI is InChI=1S/C14H10ClN3O2S/c15-10-6-16-4-3-9(10)14(20)17-8-1-2-12-11(5-8)18-13(19)7-21-12/h1-6H,7H2,(H,17,20)(H,18,19). The highest BCUT2D eigenvalue weighted by Crippen LogP contribution is 2.33. The number of pyridine rings is 1. The average Bonchev–Trinajstić information content (AvgIpc) is 2.47. The molecule has 0 unspecified atom stereocenters. The number of hydrogen-bond acceptors (Lipinski definition) is 4. The van der Waals surface area contributed by atoms with Crippen LogP contribution in [0.1, 0.15) is 10.4 Å². The van der Waals surface area contributed by atoms with Gasteiger partial charge in [-0.1, -0.05) is 11.6 Å². The van der Waals surface area contributed by atoms with Gasteiger partial charge in [0, 0.05) is 23.0 Å². The van der Waals surface area contributed by atoms with Gasteiger partial charge in [0.15, 0.2) is 0 Å². The third-order valence-electron chi connectivity index (χ3n) is 2.89. The van der Waals surface area contributed by atoms with Crippen molar-refractivity contribution in [3.63, 3.8) is 0 Å². The monoisotopic (exact) mass is 319 g/mol. The highest BCUT2D eigenvalue weighted by molar-refractivity contribution is 8.00. The van der Waals surface area contributed by atoms with Crippen LogP contribution in [-0.2, 0) is 4.79 Å². The molecule has 0 spiro atoms. The summed E-state index contributed by atoms with van der Waals surface area (Å²) in [5, 5.41) is 5.82. The lowest BCUT2D eigenvalue weighted by Gasteiger charge is -2.17. The van der Waals surface area contributed by atoms with Crippen LogP contribution >= 0.6 is 23.4 Å². The van der Waals surface area contributed by atoms with E-state index in [1.54, 1.807) is 18.2 Å². The number of aromatic nitrogens is 1.